The zero-order chi connectivity index (χ0) is 11.3. The maximum Gasteiger partial charge on any atom is 0.308 e. The summed E-state index contributed by atoms with van der Waals surface area (Å²) in [6, 6.07) is 0. The van der Waals surface area contributed by atoms with Gasteiger partial charge in [-0.05, 0) is 12.8 Å². The van der Waals surface area contributed by atoms with Crippen LogP contribution < -0.4 is 0 Å². The number of esters is 1. The second-order valence-corrected chi connectivity index (χ2v) is 5.36. The van der Waals surface area contributed by atoms with Gasteiger partial charge in [0.05, 0.1) is 5.92 Å². The van der Waals surface area contributed by atoms with E-state index < -0.39 is 15.9 Å². The summed E-state index contributed by atoms with van der Waals surface area (Å²) in [7, 11) is -4.03. The van der Waals surface area contributed by atoms with E-state index in [1.165, 1.54) is 0 Å². The van der Waals surface area contributed by atoms with E-state index in [9.17, 15) is 13.2 Å². The summed E-state index contributed by atoms with van der Waals surface area (Å²) in [6.07, 6.45) is 4.85. The number of hydrogen-bond donors (Lipinski definition) is 1. The van der Waals surface area contributed by atoms with Crippen LogP contribution in [0.4, 0.5) is 0 Å². The Kier molecular flexibility index (Phi) is 4.53. The van der Waals surface area contributed by atoms with Crippen LogP contribution in [0.3, 0.4) is 0 Å². The first-order valence-corrected chi connectivity index (χ1v) is 6.72. The molecule has 0 saturated heterocycles. The second-order valence-electron chi connectivity index (χ2n) is 3.79. The van der Waals surface area contributed by atoms with Gasteiger partial charge in [-0.1, -0.05) is 19.3 Å². The summed E-state index contributed by atoms with van der Waals surface area (Å²) >= 11 is 0. The van der Waals surface area contributed by atoms with Crippen LogP contribution in [-0.2, 0) is 19.6 Å². The Bertz CT molecular complexity index is 302. The lowest BCUT2D eigenvalue weighted by molar-refractivity contribution is -0.148. The third-order valence-electron chi connectivity index (χ3n) is 2.52. The van der Waals surface area contributed by atoms with Gasteiger partial charge in [-0.15, -0.1) is 0 Å². The third kappa shape index (κ3) is 5.13. The number of carbonyl (C=O) groups excluding carboxylic acids is 1. The van der Waals surface area contributed by atoms with Gasteiger partial charge in [-0.25, -0.2) is 0 Å². The van der Waals surface area contributed by atoms with Gasteiger partial charge < -0.3 is 4.74 Å². The Morgan fingerprint density at radius 1 is 1.27 bits per heavy atom. The molecule has 0 atom stereocenters. The van der Waals surface area contributed by atoms with Crippen molar-refractivity contribution in [1.82, 2.24) is 0 Å². The first-order valence-electron chi connectivity index (χ1n) is 5.11. The lowest BCUT2D eigenvalue weighted by atomic mass is 9.89. The van der Waals surface area contributed by atoms with Crippen molar-refractivity contribution in [2.75, 3.05) is 12.4 Å². The lowest BCUT2D eigenvalue weighted by Crippen LogP contribution is -2.23. The van der Waals surface area contributed by atoms with Crippen molar-refractivity contribution in [3.63, 3.8) is 0 Å². The molecule has 0 radical (unpaired) electrons. The third-order valence-corrected chi connectivity index (χ3v) is 3.21. The van der Waals surface area contributed by atoms with E-state index in [4.69, 9.17) is 9.29 Å². The van der Waals surface area contributed by atoms with Crippen molar-refractivity contribution >= 4 is 16.1 Å². The molecule has 15 heavy (non-hydrogen) atoms. The van der Waals surface area contributed by atoms with Crippen molar-refractivity contribution in [3.8, 4) is 0 Å². The monoisotopic (exact) mass is 236 g/mol. The molecule has 0 aromatic heterocycles. The first-order chi connectivity index (χ1) is 6.99. The molecule has 0 unspecified atom stereocenters. The maximum absolute atomic E-state index is 11.4. The molecule has 5 nitrogen and oxygen atoms in total. The molecule has 1 N–H and O–H groups in total. The molecule has 1 aliphatic rings. The number of hydrogen-bond acceptors (Lipinski definition) is 4. The second kappa shape index (κ2) is 5.46. The van der Waals surface area contributed by atoms with Gasteiger partial charge in [0.2, 0.25) is 0 Å². The Hall–Kier alpha value is -0.620. The zero-order valence-corrected chi connectivity index (χ0v) is 9.33. The molecule has 1 rings (SSSR count). The fraction of sp³-hybridized carbons (Fsp3) is 0.889. The standard InChI is InChI=1S/C9H16O5S/c10-9(8-4-2-1-3-5-8)14-6-7-15(11,12)13/h8H,1-7H2,(H,11,12,13). The highest BCUT2D eigenvalue weighted by Crippen LogP contribution is 2.24. The Morgan fingerprint density at radius 3 is 2.40 bits per heavy atom. The molecule has 1 saturated carbocycles. The minimum absolute atomic E-state index is 0.0832. The summed E-state index contributed by atoms with van der Waals surface area (Å²) < 4.78 is 33.9. The molecule has 0 spiro atoms. The van der Waals surface area contributed by atoms with Gasteiger partial charge >= 0.3 is 5.97 Å². The SMILES string of the molecule is O=C(OCCS(=O)(=O)O)C1CCCCC1. The van der Waals surface area contributed by atoms with Crippen LogP contribution in [0.15, 0.2) is 0 Å². The molecule has 0 aromatic carbocycles. The molecule has 0 aromatic rings. The highest BCUT2D eigenvalue weighted by molar-refractivity contribution is 7.85. The minimum atomic E-state index is -4.03. The van der Waals surface area contributed by atoms with E-state index in [-0.39, 0.29) is 18.5 Å². The molecule has 1 aliphatic carbocycles. The largest absolute Gasteiger partial charge is 0.464 e. The number of carbonyl (C=O) groups is 1. The van der Waals surface area contributed by atoms with E-state index >= 15 is 0 Å². The van der Waals surface area contributed by atoms with Crippen molar-refractivity contribution in [3.05, 3.63) is 0 Å². The first kappa shape index (κ1) is 12.4. The van der Waals surface area contributed by atoms with Crippen LogP contribution in [0, 0.1) is 5.92 Å². The van der Waals surface area contributed by atoms with Gasteiger partial charge in [0.1, 0.15) is 12.4 Å². The van der Waals surface area contributed by atoms with Crippen LogP contribution in [-0.4, -0.2) is 31.3 Å². The van der Waals surface area contributed by atoms with E-state index in [1.807, 2.05) is 0 Å². The minimum Gasteiger partial charge on any atom is -0.464 e. The summed E-state index contributed by atoms with van der Waals surface area (Å²) in [5.41, 5.74) is 0. The van der Waals surface area contributed by atoms with Gasteiger partial charge in [-0.2, -0.15) is 8.42 Å². The molecule has 0 heterocycles. The Morgan fingerprint density at radius 2 is 1.87 bits per heavy atom. The van der Waals surface area contributed by atoms with Crippen LogP contribution >= 0.6 is 0 Å². The van der Waals surface area contributed by atoms with Crippen LogP contribution in [0.2, 0.25) is 0 Å². The zero-order valence-electron chi connectivity index (χ0n) is 8.52. The lowest BCUT2D eigenvalue weighted by Gasteiger charge is -2.19. The quantitative estimate of drug-likeness (QED) is 0.581. The molecule has 0 aliphatic heterocycles. The Balaban J connectivity index is 2.23. The molecular weight excluding hydrogens is 220 g/mol. The molecule has 0 bridgehead atoms. The number of ether oxygens (including phenoxy) is 1. The van der Waals surface area contributed by atoms with Gasteiger partial charge in [-0.3, -0.25) is 9.35 Å². The molecule has 1 fully saturated rings. The van der Waals surface area contributed by atoms with Crippen LogP contribution in [0.25, 0.3) is 0 Å². The predicted octanol–water partition coefficient (Wildman–Crippen LogP) is 0.998. The van der Waals surface area contributed by atoms with E-state index in [0.717, 1.165) is 32.1 Å². The fourth-order valence-electron chi connectivity index (χ4n) is 1.70. The summed E-state index contributed by atoms with van der Waals surface area (Å²) in [4.78, 5) is 11.4. The number of rotatable bonds is 4. The van der Waals surface area contributed by atoms with Crippen LogP contribution in [0.5, 0.6) is 0 Å². The summed E-state index contributed by atoms with van der Waals surface area (Å²) in [6.45, 7) is -0.256. The topological polar surface area (TPSA) is 80.7 Å². The van der Waals surface area contributed by atoms with Crippen molar-refractivity contribution in [2.24, 2.45) is 5.92 Å². The predicted molar refractivity (Wildman–Crippen MR) is 53.9 cm³/mol. The maximum atomic E-state index is 11.4. The van der Waals surface area contributed by atoms with Crippen molar-refractivity contribution in [2.45, 2.75) is 32.1 Å². The molecule has 88 valence electrons. The van der Waals surface area contributed by atoms with E-state index in [0.29, 0.717) is 0 Å². The smallest absolute Gasteiger partial charge is 0.308 e. The highest BCUT2D eigenvalue weighted by atomic mass is 32.2. The van der Waals surface area contributed by atoms with E-state index in [1.54, 1.807) is 0 Å². The van der Waals surface area contributed by atoms with Gasteiger partial charge in [0.15, 0.2) is 0 Å². The molecule has 6 heteroatoms. The highest BCUT2D eigenvalue weighted by Gasteiger charge is 2.22. The van der Waals surface area contributed by atoms with Crippen molar-refractivity contribution < 1.29 is 22.5 Å². The van der Waals surface area contributed by atoms with Gasteiger partial charge in [0.25, 0.3) is 10.1 Å². The average Bonchev–Trinajstić information content (AvgIpc) is 2.17. The van der Waals surface area contributed by atoms with Crippen molar-refractivity contribution in [1.29, 1.82) is 0 Å². The molecule has 0 amide bonds. The average molecular weight is 236 g/mol. The summed E-state index contributed by atoms with van der Waals surface area (Å²) in [5.74, 6) is -0.940. The normalized spacial score (nSPS) is 18.7. The van der Waals surface area contributed by atoms with Crippen LogP contribution in [0.1, 0.15) is 32.1 Å². The summed E-state index contributed by atoms with van der Waals surface area (Å²) in [5, 5.41) is 0. The Labute approximate surface area is 89.6 Å². The van der Waals surface area contributed by atoms with E-state index in [2.05, 4.69) is 0 Å². The van der Waals surface area contributed by atoms with Gasteiger partial charge in [0, 0.05) is 0 Å². The molecular formula is C9H16O5S. The fourth-order valence-corrected chi connectivity index (χ4v) is 2.00.